The second-order valence-electron chi connectivity index (χ2n) is 4.18. The van der Waals surface area contributed by atoms with Gasteiger partial charge in [0.2, 0.25) is 0 Å². The zero-order valence-electron chi connectivity index (χ0n) is 10.5. The van der Waals surface area contributed by atoms with E-state index in [0.717, 1.165) is 11.1 Å². The molecule has 0 amide bonds. The minimum absolute atomic E-state index is 0.0220. The minimum atomic E-state index is -3.66. The molecule has 1 heterocycles. The molecule has 0 saturated heterocycles. The normalized spacial score (nSPS) is 11.3. The molecule has 0 unspecified atom stereocenters. The third kappa shape index (κ3) is 3.30. The second kappa shape index (κ2) is 5.38. The first-order chi connectivity index (χ1) is 9.01. The Morgan fingerprint density at radius 3 is 2.63 bits per heavy atom. The molecule has 1 aromatic carbocycles. The molecule has 0 bridgehead atoms. The van der Waals surface area contributed by atoms with Crippen LogP contribution in [0.4, 0.5) is 5.69 Å². The summed E-state index contributed by atoms with van der Waals surface area (Å²) in [6.45, 7) is 2.23. The van der Waals surface area contributed by atoms with Crippen molar-refractivity contribution >= 4 is 15.7 Å². The number of rotatable bonds is 4. The van der Waals surface area contributed by atoms with E-state index in [2.05, 4.69) is 9.71 Å². The molecule has 0 aliphatic carbocycles. The predicted molar refractivity (Wildman–Crippen MR) is 74.1 cm³/mol. The number of pyridine rings is 1. The van der Waals surface area contributed by atoms with Gasteiger partial charge in [-0.15, -0.1) is 0 Å². The molecule has 0 atom stereocenters. The number of sulfonamides is 1. The lowest BCUT2D eigenvalue weighted by Gasteiger charge is -2.08. The molecule has 100 valence electrons. The van der Waals surface area contributed by atoms with Crippen molar-refractivity contribution in [3.63, 3.8) is 0 Å². The number of anilines is 1. The van der Waals surface area contributed by atoms with Crippen LogP contribution in [0.2, 0.25) is 0 Å². The number of benzene rings is 1. The van der Waals surface area contributed by atoms with Crippen LogP contribution in [0.1, 0.15) is 11.1 Å². The summed E-state index contributed by atoms with van der Waals surface area (Å²) in [6.07, 6.45) is 1.46. The molecule has 6 heteroatoms. The number of hydrogen-bond acceptors (Lipinski definition) is 4. The molecule has 3 N–H and O–H groups in total. The van der Waals surface area contributed by atoms with Crippen LogP contribution >= 0.6 is 0 Å². The van der Waals surface area contributed by atoms with E-state index < -0.39 is 10.0 Å². The highest BCUT2D eigenvalue weighted by atomic mass is 32.2. The maximum atomic E-state index is 12.1. The third-order valence-corrected chi connectivity index (χ3v) is 3.88. The van der Waals surface area contributed by atoms with Gasteiger partial charge in [0.25, 0.3) is 10.0 Å². The predicted octanol–water partition coefficient (Wildman–Crippen LogP) is 1.65. The second-order valence-corrected chi connectivity index (χ2v) is 5.81. The van der Waals surface area contributed by atoms with E-state index in [0.29, 0.717) is 12.2 Å². The Kier molecular flexibility index (Phi) is 3.82. The van der Waals surface area contributed by atoms with Gasteiger partial charge in [-0.05, 0) is 36.2 Å². The van der Waals surface area contributed by atoms with E-state index in [1.807, 2.05) is 13.0 Å². The van der Waals surface area contributed by atoms with Crippen LogP contribution in [0.3, 0.4) is 0 Å². The minimum Gasteiger partial charge on any atom is -0.326 e. The first-order valence-electron chi connectivity index (χ1n) is 5.76. The average Bonchev–Trinajstić information content (AvgIpc) is 2.38. The van der Waals surface area contributed by atoms with E-state index in [9.17, 15) is 8.42 Å². The molecule has 5 nitrogen and oxygen atoms in total. The molecule has 2 aromatic rings. The molecule has 1 aromatic heterocycles. The molecule has 0 aliphatic rings. The Bertz CT molecular complexity index is 667. The summed E-state index contributed by atoms with van der Waals surface area (Å²) in [5, 5.41) is -0.0220. The van der Waals surface area contributed by atoms with E-state index in [1.165, 1.54) is 12.3 Å². The zero-order valence-corrected chi connectivity index (χ0v) is 11.3. The zero-order chi connectivity index (χ0) is 13.9. The lowest BCUT2D eigenvalue weighted by Crippen LogP contribution is -2.14. The third-order valence-electron chi connectivity index (χ3n) is 2.58. The largest absolute Gasteiger partial charge is 0.326 e. The van der Waals surface area contributed by atoms with Crippen molar-refractivity contribution < 1.29 is 8.42 Å². The van der Waals surface area contributed by atoms with E-state index in [-0.39, 0.29) is 5.03 Å². The monoisotopic (exact) mass is 277 g/mol. The smallest absolute Gasteiger partial charge is 0.279 e. The van der Waals surface area contributed by atoms with Crippen molar-refractivity contribution in [1.29, 1.82) is 0 Å². The fourth-order valence-electron chi connectivity index (χ4n) is 1.61. The molecule has 19 heavy (non-hydrogen) atoms. The number of hydrogen-bond donors (Lipinski definition) is 2. The van der Waals surface area contributed by atoms with Gasteiger partial charge in [0.15, 0.2) is 5.03 Å². The number of aromatic nitrogens is 1. The van der Waals surface area contributed by atoms with E-state index in [4.69, 9.17) is 5.73 Å². The number of nitrogens with one attached hydrogen (secondary N) is 1. The van der Waals surface area contributed by atoms with Gasteiger partial charge in [0.1, 0.15) is 0 Å². The number of nitrogens with two attached hydrogens (primary N) is 1. The van der Waals surface area contributed by atoms with Crippen molar-refractivity contribution in [2.45, 2.75) is 18.5 Å². The van der Waals surface area contributed by atoms with Crippen LogP contribution in [0.25, 0.3) is 0 Å². The topological polar surface area (TPSA) is 85.1 Å². The van der Waals surface area contributed by atoms with Crippen LogP contribution in [0.15, 0.2) is 47.6 Å². The van der Waals surface area contributed by atoms with Gasteiger partial charge in [0.05, 0.1) is 0 Å². The van der Waals surface area contributed by atoms with E-state index >= 15 is 0 Å². The van der Waals surface area contributed by atoms with Gasteiger partial charge in [-0.25, -0.2) is 4.98 Å². The Balaban J connectivity index is 2.27. The Morgan fingerprint density at radius 2 is 2.05 bits per heavy atom. The summed E-state index contributed by atoms with van der Waals surface area (Å²) in [4.78, 5) is 3.91. The lowest BCUT2D eigenvalue weighted by atomic mass is 10.2. The maximum Gasteiger partial charge on any atom is 0.279 e. The van der Waals surface area contributed by atoms with Crippen LogP contribution in [-0.2, 0) is 16.6 Å². The fraction of sp³-hybridized carbons (Fsp3) is 0.154. The van der Waals surface area contributed by atoms with E-state index in [1.54, 1.807) is 24.3 Å². The molecular weight excluding hydrogens is 262 g/mol. The number of aryl methyl sites for hydroxylation is 1. The van der Waals surface area contributed by atoms with Gasteiger partial charge in [-0.1, -0.05) is 18.2 Å². The Morgan fingerprint density at radius 1 is 1.26 bits per heavy atom. The van der Waals surface area contributed by atoms with Gasteiger partial charge >= 0.3 is 0 Å². The fourth-order valence-corrected chi connectivity index (χ4v) is 2.59. The molecule has 0 spiro atoms. The van der Waals surface area contributed by atoms with Crippen molar-refractivity contribution in [2.24, 2.45) is 5.73 Å². The highest BCUT2D eigenvalue weighted by Gasteiger charge is 2.15. The lowest BCUT2D eigenvalue weighted by molar-refractivity contribution is 0.597. The van der Waals surface area contributed by atoms with Gasteiger partial charge in [-0.3, -0.25) is 4.72 Å². The summed E-state index contributed by atoms with van der Waals surface area (Å²) in [6, 6.07) is 10.2. The van der Waals surface area contributed by atoms with Crippen LogP contribution in [0, 0.1) is 6.92 Å². The summed E-state index contributed by atoms with van der Waals surface area (Å²) < 4.78 is 26.7. The quantitative estimate of drug-likeness (QED) is 0.889. The van der Waals surface area contributed by atoms with Crippen molar-refractivity contribution in [2.75, 3.05) is 4.72 Å². The van der Waals surface area contributed by atoms with Crippen LogP contribution < -0.4 is 10.5 Å². The van der Waals surface area contributed by atoms with Crippen LogP contribution in [0.5, 0.6) is 0 Å². The standard InChI is InChI=1S/C13H15N3O2S/c1-10-3-2-4-12(7-10)16-19(17,18)13-6-5-11(8-14)9-15-13/h2-7,9,16H,8,14H2,1H3. The summed E-state index contributed by atoms with van der Waals surface area (Å²) in [5.74, 6) is 0. The summed E-state index contributed by atoms with van der Waals surface area (Å²) in [7, 11) is -3.66. The Hall–Kier alpha value is -1.92. The summed E-state index contributed by atoms with van der Waals surface area (Å²) >= 11 is 0. The first-order valence-corrected chi connectivity index (χ1v) is 7.24. The van der Waals surface area contributed by atoms with Gasteiger partial charge in [-0.2, -0.15) is 8.42 Å². The highest BCUT2D eigenvalue weighted by Crippen LogP contribution is 2.15. The summed E-state index contributed by atoms with van der Waals surface area (Å²) in [5.41, 5.74) is 7.73. The van der Waals surface area contributed by atoms with Gasteiger partial charge in [0, 0.05) is 18.4 Å². The maximum absolute atomic E-state index is 12.1. The average molecular weight is 277 g/mol. The first kappa shape index (κ1) is 13.5. The molecular formula is C13H15N3O2S. The number of nitrogens with zero attached hydrogens (tertiary/aromatic N) is 1. The molecule has 0 fully saturated rings. The Labute approximate surface area is 112 Å². The molecule has 0 radical (unpaired) electrons. The van der Waals surface area contributed by atoms with Crippen molar-refractivity contribution in [3.05, 3.63) is 53.7 Å². The van der Waals surface area contributed by atoms with Crippen molar-refractivity contribution in [1.82, 2.24) is 4.98 Å². The molecule has 0 saturated carbocycles. The highest BCUT2D eigenvalue weighted by molar-refractivity contribution is 7.92. The van der Waals surface area contributed by atoms with Crippen LogP contribution in [-0.4, -0.2) is 13.4 Å². The molecule has 0 aliphatic heterocycles. The SMILES string of the molecule is Cc1cccc(NS(=O)(=O)c2ccc(CN)cn2)c1. The van der Waals surface area contributed by atoms with Crippen molar-refractivity contribution in [3.8, 4) is 0 Å². The van der Waals surface area contributed by atoms with Gasteiger partial charge < -0.3 is 5.73 Å². The molecule has 2 rings (SSSR count).